The van der Waals surface area contributed by atoms with Crippen LogP contribution in [0.3, 0.4) is 0 Å². The third kappa shape index (κ3) is 5.38. The van der Waals surface area contributed by atoms with Crippen LogP contribution >= 0.6 is 12.4 Å². The molecule has 7 nitrogen and oxygen atoms in total. The van der Waals surface area contributed by atoms with Gasteiger partial charge in [0.25, 0.3) is 0 Å². The molecular formula is C15H26ClN3O4S2. The van der Waals surface area contributed by atoms with Crippen molar-refractivity contribution >= 4 is 32.5 Å². The van der Waals surface area contributed by atoms with E-state index in [0.29, 0.717) is 13.1 Å². The van der Waals surface area contributed by atoms with E-state index in [9.17, 15) is 16.8 Å². The lowest BCUT2D eigenvalue weighted by Gasteiger charge is -2.19. The summed E-state index contributed by atoms with van der Waals surface area (Å²) in [6.45, 7) is 5.57. The van der Waals surface area contributed by atoms with Crippen LogP contribution in [-0.4, -0.2) is 53.4 Å². The molecule has 25 heavy (non-hydrogen) atoms. The van der Waals surface area contributed by atoms with E-state index in [1.165, 1.54) is 22.5 Å². The Morgan fingerprint density at radius 1 is 1.08 bits per heavy atom. The number of nitrogens with zero attached hydrogens (tertiary/aromatic N) is 1. The van der Waals surface area contributed by atoms with Gasteiger partial charge in [0.1, 0.15) is 9.79 Å². The maximum atomic E-state index is 12.8. The monoisotopic (exact) mass is 411 g/mol. The van der Waals surface area contributed by atoms with Gasteiger partial charge >= 0.3 is 0 Å². The number of halogens is 1. The Kier molecular flexibility index (Phi) is 8.30. The largest absolute Gasteiger partial charge is 0.313 e. The number of rotatable bonds is 8. The zero-order valence-electron chi connectivity index (χ0n) is 14.4. The van der Waals surface area contributed by atoms with Crippen LogP contribution in [0.4, 0.5) is 0 Å². The van der Waals surface area contributed by atoms with Gasteiger partial charge in [-0.05, 0) is 38.4 Å². The minimum absolute atomic E-state index is 0. The van der Waals surface area contributed by atoms with Gasteiger partial charge in [0.2, 0.25) is 20.0 Å². The molecule has 0 saturated carbocycles. The summed E-state index contributed by atoms with van der Waals surface area (Å²) in [5, 5.41) is 3.11. The predicted octanol–water partition coefficient (Wildman–Crippen LogP) is 1.17. The van der Waals surface area contributed by atoms with E-state index in [4.69, 9.17) is 0 Å². The molecular weight excluding hydrogens is 386 g/mol. The standard InChI is InChI=1S/C15H25N3O4S2.ClH/c1-3-16-13(2)12-17-23(19,20)14-8-4-5-9-15(14)24(21,22)18-10-6-7-11-18;/h4-5,8-9,13,16-17H,3,6-7,10-12H2,1-2H3;1H/t13-;/m1./s1. The van der Waals surface area contributed by atoms with Crippen LogP contribution in [0.25, 0.3) is 0 Å². The molecule has 1 aliphatic rings. The molecule has 2 rings (SSSR count). The number of hydrogen-bond donors (Lipinski definition) is 2. The Bertz CT molecular complexity index is 763. The van der Waals surface area contributed by atoms with Gasteiger partial charge in [-0.1, -0.05) is 19.1 Å². The highest BCUT2D eigenvalue weighted by molar-refractivity contribution is 7.92. The first-order valence-electron chi connectivity index (χ1n) is 8.11. The molecule has 10 heteroatoms. The van der Waals surface area contributed by atoms with Crippen LogP contribution in [0.1, 0.15) is 26.7 Å². The van der Waals surface area contributed by atoms with Gasteiger partial charge in [-0.3, -0.25) is 0 Å². The van der Waals surface area contributed by atoms with Gasteiger partial charge in [0.15, 0.2) is 0 Å². The summed E-state index contributed by atoms with van der Waals surface area (Å²) in [6.07, 6.45) is 1.60. The van der Waals surface area contributed by atoms with E-state index in [-0.39, 0.29) is 34.8 Å². The molecule has 1 aliphatic heterocycles. The summed E-state index contributed by atoms with van der Waals surface area (Å²) in [5.41, 5.74) is 0. The molecule has 0 aliphatic carbocycles. The Morgan fingerprint density at radius 2 is 1.64 bits per heavy atom. The van der Waals surface area contributed by atoms with Crippen molar-refractivity contribution in [3.63, 3.8) is 0 Å². The summed E-state index contributed by atoms with van der Waals surface area (Å²) in [5.74, 6) is 0. The molecule has 1 saturated heterocycles. The number of benzene rings is 1. The van der Waals surface area contributed by atoms with Crippen molar-refractivity contribution < 1.29 is 16.8 Å². The molecule has 0 aromatic heterocycles. The van der Waals surface area contributed by atoms with E-state index >= 15 is 0 Å². The molecule has 0 unspecified atom stereocenters. The lowest BCUT2D eigenvalue weighted by atomic mass is 10.3. The molecule has 0 bridgehead atoms. The smallest absolute Gasteiger partial charge is 0.244 e. The summed E-state index contributed by atoms with van der Waals surface area (Å²) < 4.78 is 54.6. The van der Waals surface area contributed by atoms with E-state index in [0.717, 1.165) is 19.4 Å². The third-order valence-electron chi connectivity index (χ3n) is 3.95. The number of hydrogen-bond acceptors (Lipinski definition) is 5. The van der Waals surface area contributed by atoms with Crippen molar-refractivity contribution in [2.75, 3.05) is 26.2 Å². The molecule has 144 valence electrons. The van der Waals surface area contributed by atoms with Crippen LogP contribution in [-0.2, 0) is 20.0 Å². The lowest BCUT2D eigenvalue weighted by Crippen LogP contribution is -2.39. The van der Waals surface area contributed by atoms with Crippen molar-refractivity contribution in [1.82, 2.24) is 14.3 Å². The molecule has 0 radical (unpaired) electrons. The average Bonchev–Trinajstić information content (AvgIpc) is 3.09. The van der Waals surface area contributed by atoms with E-state index in [1.807, 2.05) is 13.8 Å². The van der Waals surface area contributed by atoms with E-state index in [1.54, 1.807) is 6.07 Å². The minimum atomic E-state index is -3.91. The van der Waals surface area contributed by atoms with Crippen LogP contribution in [0.15, 0.2) is 34.1 Å². The van der Waals surface area contributed by atoms with Crippen LogP contribution in [0.5, 0.6) is 0 Å². The molecule has 0 amide bonds. The Balaban J connectivity index is 0.00000312. The fourth-order valence-electron chi connectivity index (χ4n) is 2.69. The maximum Gasteiger partial charge on any atom is 0.244 e. The van der Waals surface area contributed by atoms with Gasteiger partial charge in [-0.15, -0.1) is 12.4 Å². The lowest BCUT2D eigenvalue weighted by molar-refractivity contribution is 0.474. The third-order valence-corrected chi connectivity index (χ3v) is 7.52. The Hall–Kier alpha value is -0.710. The fraction of sp³-hybridized carbons (Fsp3) is 0.600. The van der Waals surface area contributed by atoms with Crippen LogP contribution in [0, 0.1) is 0 Å². The zero-order valence-corrected chi connectivity index (χ0v) is 16.9. The number of likely N-dealkylation sites (N-methyl/N-ethyl adjacent to an activating group) is 1. The summed E-state index contributed by atoms with van der Waals surface area (Å²) in [7, 11) is -7.72. The SMILES string of the molecule is CCN[C@H](C)CNS(=O)(=O)c1ccccc1S(=O)(=O)N1CCCC1.Cl. The summed E-state index contributed by atoms with van der Waals surface area (Å²) >= 11 is 0. The average molecular weight is 412 g/mol. The van der Waals surface area contributed by atoms with Crippen molar-refractivity contribution in [3.05, 3.63) is 24.3 Å². The molecule has 0 spiro atoms. The second-order valence-electron chi connectivity index (χ2n) is 5.87. The molecule has 1 heterocycles. The predicted molar refractivity (Wildman–Crippen MR) is 100 cm³/mol. The Morgan fingerprint density at radius 3 is 2.20 bits per heavy atom. The van der Waals surface area contributed by atoms with Gasteiger partial charge in [0, 0.05) is 25.7 Å². The summed E-state index contributed by atoms with van der Waals surface area (Å²) in [4.78, 5) is -0.351. The van der Waals surface area contributed by atoms with E-state index < -0.39 is 20.0 Å². The molecule has 1 fully saturated rings. The van der Waals surface area contributed by atoms with Crippen molar-refractivity contribution in [2.45, 2.75) is 42.5 Å². The first-order valence-corrected chi connectivity index (χ1v) is 11.0. The van der Waals surface area contributed by atoms with Crippen molar-refractivity contribution in [1.29, 1.82) is 0 Å². The maximum absolute atomic E-state index is 12.8. The second-order valence-corrected chi connectivity index (χ2v) is 9.51. The van der Waals surface area contributed by atoms with Crippen LogP contribution in [0.2, 0.25) is 0 Å². The highest BCUT2D eigenvalue weighted by atomic mass is 35.5. The highest BCUT2D eigenvalue weighted by Crippen LogP contribution is 2.26. The molecule has 1 atom stereocenters. The Labute approximate surface area is 156 Å². The van der Waals surface area contributed by atoms with Gasteiger partial charge in [-0.25, -0.2) is 21.6 Å². The van der Waals surface area contributed by atoms with E-state index in [2.05, 4.69) is 10.0 Å². The van der Waals surface area contributed by atoms with Gasteiger partial charge in [0.05, 0.1) is 0 Å². The second kappa shape index (κ2) is 9.29. The zero-order chi connectivity index (χ0) is 17.8. The van der Waals surface area contributed by atoms with Gasteiger partial charge in [-0.2, -0.15) is 4.31 Å². The first-order chi connectivity index (χ1) is 11.3. The number of sulfonamides is 2. The quantitative estimate of drug-likeness (QED) is 0.669. The van der Waals surface area contributed by atoms with Crippen molar-refractivity contribution in [2.24, 2.45) is 0 Å². The molecule has 2 N–H and O–H groups in total. The summed E-state index contributed by atoms with van der Waals surface area (Å²) in [6, 6.07) is 5.72. The topological polar surface area (TPSA) is 95.6 Å². The molecule has 1 aromatic carbocycles. The van der Waals surface area contributed by atoms with Crippen LogP contribution < -0.4 is 10.0 Å². The first kappa shape index (κ1) is 22.3. The normalized spacial score (nSPS) is 17.2. The number of nitrogens with one attached hydrogen (secondary N) is 2. The molecule has 1 aromatic rings. The van der Waals surface area contributed by atoms with Gasteiger partial charge < -0.3 is 5.32 Å². The van der Waals surface area contributed by atoms with Crippen molar-refractivity contribution in [3.8, 4) is 0 Å². The minimum Gasteiger partial charge on any atom is -0.313 e. The fourth-order valence-corrected chi connectivity index (χ4v) is 6.14. The highest BCUT2D eigenvalue weighted by Gasteiger charge is 2.32.